The van der Waals surface area contributed by atoms with Gasteiger partial charge in [0.25, 0.3) is 5.95 Å². The Labute approximate surface area is 147 Å². The molecule has 3 heterocycles. The van der Waals surface area contributed by atoms with Gasteiger partial charge in [0, 0.05) is 33.9 Å². The highest BCUT2D eigenvalue weighted by Crippen LogP contribution is 2.43. The Bertz CT molecular complexity index is 1010. The van der Waals surface area contributed by atoms with E-state index >= 15 is 0 Å². The molecule has 0 amide bonds. The standard InChI is InChI=1S/C18H14N4O2S/c23-17(24)13-8-20-22(16(13)10-5-6-10)18-19-7-11-9-25-14-4-2-1-3-12(14)15(11)21-18/h1-4,7-8,10H,5-6,9H2,(H,23,24). The van der Waals surface area contributed by atoms with Crippen LogP contribution in [0.15, 0.2) is 41.6 Å². The Balaban J connectivity index is 1.67. The second-order valence-corrected chi connectivity index (χ2v) is 7.28. The van der Waals surface area contributed by atoms with E-state index in [9.17, 15) is 9.90 Å². The zero-order valence-corrected chi connectivity index (χ0v) is 14.0. The maximum absolute atomic E-state index is 11.5. The molecule has 1 aliphatic heterocycles. The lowest BCUT2D eigenvalue weighted by molar-refractivity contribution is 0.0695. The first-order valence-corrected chi connectivity index (χ1v) is 9.10. The van der Waals surface area contributed by atoms with E-state index in [0.717, 1.165) is 35.4 Å². The first-order valence-electron chi connectivity index (χ1n) is 8.12. The highest BCUT2D eigenvalue weighted by Gasteiger charge is 2.33. The molecular weight excluding hydrogens is 336 g/mol. The van der Waals surface area contributed by atoms with Crippen LogP contribution in [0.4, 0.5) is 0 Å². The summed E-state index contributed by atoms with van der Waals surface area (Å²) in [6.45, 7) is 0. The minimum absolute atomic E-state index is 0.232. The largest absolute Gasteiger partial charge is 0.478 e. The summed E-state index contributed by atoms with van der Waals surface area (Å²) < 4.78 is 1.60. The number of carboxylic acids is 1. The van der Waals surface area contributed by atoms with Gasteiger partial charge in [-0.15, -0.1) is 11.8 Å². The van der Waals surface area contributed by atoms with Gasteiger partial charge in [0.1, 0.15) is 5.56 Å². The lowest BCUT2D eigenvalue weighted by Crippen LogP contribution is -2.11. The molecule has 0 spiro atoms. The molecule has 0 unspecified atom stereocenters. The van der Waals surface area contributed by atoms with Crippen molar-refractivity contribution in [3.8, 4) is 17.2 Å². The third-order valence-corrected chi connectivity index (χ3v) is 5.69. The molecule has 1 aliphatic carbocycles. The van der Waals surface area contributed by atoms with Crippen LogP contribution in [0.3, 0.4) is 0 Å². The summed E-state index contributed by atoms with van der Waals surface area (Å²) in [5, 5.41) is 13.7. The minimum Gasteiger partial charge on any atom is -0.478 e. The van der Waals surface area contributed by atoms with Crippen molar-refractivity contribution in [1.29, 1.82) is 0 Å². The molecule has 6 nitrogen and oxygen atoms in total. The average molecular weight is 350 g/mol. The van der Waals surface area contributed by atoms with Crippen LogP contribution in [0.5, 0.6) is 0 Å². The van der Waals surface area contributed by atoms with Crippen LogP contribution in [0.25, 0.3) is 17.2 Å². The van der Waals surface area contributed by atoms with Gasteiger partial charge in [-0.25, -0.2) is 19.4 Å². The van der Waals surface area contributed by atoms with E-state index < -0.39 is 5.97 Å². The number of hydrogen-bond donors (Lipinski definition) is 1. The van der Waals surface area contributed by atoms with Crippen molar-refractivity contribution in [3.63, 3.8) is 0 Å². The van der Waals surface area contributed by atoms with Crippen LogP contribution in [-0.2, 0) is 5.75 Å². The van der Waals surface area contributed by atoms with E-state index in [0.29, 0.717) is 11.6 Å². The zero-order chi connectivity index (χ0) is 17.0. The normalized spacial score (nSPS) is 15.5. The van der Waals surface area contributed by atoms with Crippen LogP contribution >= 0.6 is 11.8 Å². The van der Waals surface area contributed by atoms with E-state index in [2.05, 4.69) is 22.2 Å². The maximum Gasteiger partial charge on any atom is 0.339 e. The van der Waals surface area contributed by atoms with E-state index in [1.165, 1.54) is 11.1 Å². The van der Waals surface area contributed by atoms with Gasteiger partial charge >= 0.3 is 5.97 Å². The lowest BCUT2D eigenvalue weighted by Gasteiger charge is -2.18. The SMILES string of the molecule is O=C(O)c1cnn(-c2ncc3c(n2)-c2ccccc2SC3)c1C1CC1. The van der Waals surface area contributed by atoms with Crippen LogP contribution in [0.1, 0.15) is 40.4 Å². The first-order chi connectivity index (χ1) is 12.2. The third-order valence-electron chi connectivity index (χ3n) is 4.57. The number of nitrogens with zero attached hydrogens (tertiary/aromatic N) is 4. The number of benzene rings is 1. The van der Waals surface area contributed by atoms with Crippen LogP contribution in [0.2, 0.25) is 0 Å². The van der Waals surface area contributed by atoms with Crippen molar-refractivity contribution < 1.29 is 9.90 Å². The molecule has 0 atom stereocenters. The van der Waals surface area contributed by atoms with E-state index in [1.807, 2.05) is 18.3 Å². The summed E-state index contributed by atoms with van der Waals surface area (Å²) in [4.78, 5) is 21.9. The van der Waals surface area contributed by atoms with Gasteiger partial charge in [-0.2, -0.15) is 5.10 Å². The molecule has 2 aliphatic rings. The van der Waals surface area contributed by atoms with E-state index in [1.54, 1.807) is 16.4 Å². The fourth-order valence-electron chi connectivity index (χ4n) is 3.21. The quantitative estimate of drug-likeness (QED) is 0.778. The van der Waals surface area contributed by atoms with E-state index in [-0.39, 0.29) is 11.5 Å². The van der Waals surface area contributed by atoms with E-state index in [4.69, 9.17) is 4.98 Å². The van der Waals surface area contributed by atoms with Gasteiger partial charge in [0.15, 0.2) is 0 Å². The highest BCUT2D eigenvalue weighted by atomic mass is 32.2. The number of carbonyl (C=O) groups is 1. The Kier molecular flexibility index (Phi) is 3.18. The summed E-state index contributed by atoms with van der Waals surface area (Å²) in [7, 11) is 0. The smallest absolute Gasteiger partial charge is 0.339 e. The van der Waals surface area contributed by atoms with Crippen molar-refractivity contribution in [1.82, 2.24) is 19.7 Å². The van der Waals surface area contributed by atoms with Crippen molar-refractivity contribution in [2.24, 2.45) is 0 Å². The molecule has 2 aromatic heterocycles. The number of carboxylic acid groups (broad SMARTS) is 1. The third kappa shape index (κ3) is 2.34. The maximum atomic E-state index is 11.5. The topological polar surface area (TPSA) is 80.9 Å². The molecule has 124 valence electrons. The molecule has 1 saturated carbocycles. The van der Waals surface area contributed by atoms with Gasteiger partial charge in [0.05, 0.1) is 17.6 Å². The Morgan fingerprint density at radius 3 is 2.88 bits per heavy atom. The van der Waals surface area contributed by atoms with Gasteiger partial charge in [-0.05, 0) is 18.9 Å². The first kappa shape index (κ1) is 14.7. The number of aromatic nitrogens is 4. The van der Waals surface area contributed by atoms with Crippen LogP contribution < -0.4 is 0 Å². The molecule has 3 aromatic rings. The summed E-state index contributed by atoms with van der Waals surface area (Å²) in [5.41, 5.74) is 4.06. The zero-order valence-electron chi connectivity index (χ0n) is 13.2. The monoisotopic (exact) mass is 350 g/mol. The van der Waals surface area contributed by atoms with Crippen molar-refractivity contribution >= 4 is 17.7 Å². The van der Waals surface area contributed by atoms with Crippen LogP contribution in [-0.4, -0.2) is 30.8 Å². The van der Waals surface area contributed by atoms with Gasteiger partial charge in [-0.3, -0.25) is 0 Å². The number of hydrogen-bond acceptors (Lipinski definition) is 5. The molecule has 5 rings (SSSR count). The second-order valence-electron chi connectivity index (χ2n) is 6.26. The molecule has 0 saturated heterocycles. The highest BCUT2D eigenvalue weighted by molar-refractivity contribution is 7.98. The Morgan fingerprint density at radius 1 is 1.24 bits per heavy atom. The second kappa shape index (κ2) is 5.42. The van der Waals surface area contributed by atoms with Gasteiger partial charge in [0.2, 0.25) is 0 Å². The Morgan fingerprint density at radius 2 is 2.08 bits per heavy atom. The van der Waals surface area contributed by atoms with Gasteiger partial charge in [-0.1, -0.05) is 18.2 Å². The van der Waals surface area contributed by atoms with Crippen molar-refractivity contribution in [2.75, 3.05) is 0 Å². The average Bonchev–Trinajstić information content (AvgIpc) is 3.38. The summed E-state index contributed by atoms with van der Waals surface area (Å²) in [6, 6.07) is 8.18. The molecule has 25 heavy (non-hydrogen) atoms. The summed E-state index contributed by atoms with van der Waals surface area (Å²) in [5.74, 6) is 0.556. The predicted octanol–water partition coefficient (Wildman–Crippen LogP) is 3.51. The molecular formula is C18H14N4O2S. The van der Waals surface area contributed by atoms with Crippen molar-refractivity contribution in [3.05, 3.63) is 53.5 Å². The number of thioether (sulfide) groups is 1. The summed E-state index contributed by atoms with van der Waals surface area (Å²) in [6.07, 6.45) is 5.20. The summed E-state index contributed by atoms with van der Waals surface area (Å²) >= 11 is 1.78. The Hall–Kier alpha value is -2.67. The minimum atomic E-state index is -0.951. The molecule has 0 bridgehead atoms. The molecule has 0 radical (unpaired) electrons. The number of aromatic carboxylic acids is 1. The fourth-order valence-corrected chi connectivity index (χ4v) is 4.23. The van der Waals surface area contributed by atoms with Crippen molar-refractivity contribution in [2.45, 2.75) is 29.4 Å². The lowest BCUT2D eigenvalue weighted by atomic mass is 10.1. The number of fused-ring (bicyclic) bond motifs is 3. The van der Waals surface area contributed by atoms with Gasteiger partial charge < -0.3 is 5.11 Å². The molecule has 1 N–H and O–H groups in total. The molecule has 7 heteroatoms. The fraction of sp³-hybridized carbons (Fsp3) is 0.222. The predicted molar refractivity (Wildman–Crippen MR) is 93.1 cm³/mol. The number of rotatable bonds is 3. The molecule has 1 aromatic carbocycles. The van der Waals surface area contributed by atoms with Crippen LogP contribution in [0, 0.1) is 0 Å². The molecule has 1 fully saturated rings.